The van der Waals surface area contributed by atoms with Crippen molar-refractivity contribution in [2.45, 2.75) is 18.8 Å². The lowest BCUT2D eigenvalue weighted by molar-refractivity contribution is -0.131. The molecule has 1 aliphatic rings. The first-order valence-corrected chi connectivity index (χ1v) is 4.98. The van der Waals surface area contributed by atoms with E-state index in [0.29, 0.717) is 5.69 Å². The van der Waals surface area contributed by atoms with Crippen LogP contribution in [-0.4, -0.2) is 56.1 Å². The molecule has 0 saturated carbocycles. The third kappa shape index (κ3) is 2.15. The smallest absolute Gasteiger partial charge is 0.244 e. The van der Waals surface area contributed by atoms with Gasteiger partial charge in [-0.2, -0.15) is 5.10 Å². The van der Waals surface area contributed by atoms with E-state index in [2.05, 4.69) is 5.10 Å². The summed E-state index contributed by atoms with van der Waals surface area (Å²) >= 11 is 0. The predicted molar refractivity (Wildman–Crippen MR) is 55.2 cm³/mol. The first kappa shape index (κ1) is 10.9. The van der Waals surface area contributed by atoms with Crippen LogP contribution in [0.15, 0.2) is 12.4 Å². The summed E-state index contributed by atoms with van der Waals surface area (Å²) in [6, 6.07) is 0. The van der Waals surface area contributed by atoms with Crippen molar-refractivity contribution in [1.82, 2.24) is 14.7 Å². The number of carbonyl (C=O) groups is 1. The number of nitrogens with zero attached hydrogens (tertiary/aromatic N) is 3. The van der Waals surface area contributed by atoms with E-state index in [-0.39, 0.29) is 25.5 Å². The van der Waals surface area contributed by atoms with E-state index in [1.54, 1.807) is 6.20 Å². The maximum atomic E-state index is 11.7. The monoisotopic (exact) mass is 226 g/mol. The quantitative estimate of drug-likeness (QED) is 0.542. The summed E-state index contributed by atoms with van der Waals surface area (Å²) in [6.45, 7) is 0.393. The molecule has 1 saturated heterocycles. The Morgan fingerprint density at radius 2 is 2.12 bits per heavy atom. The Hall–Kier alpha value is -1.60. The van der Waals surface area contributed by atoms with Gasteiger partial charge in [0.15, 0.2) is 0 Å². The van der Waals surface area contributed by atoms with Crippen molar-refractivity contribution < 1.29 is 15.0 Å². The first-order chi connectivity index (χ1) is 7.56. The lowest BCUT2D eigenvalue weighted by Crippen LogP contribution is -2.33. The molecule has 7 heteroatoms. The molecule has 1 aliphatic heterocycles. The summed E-state index contributed by atoms with van der Waals surface area (Å²) in [5.41, 5.74) is 5.96. The van der Waals surface area contributed by atoms with Gasteiger partial charge in [-0.1, -0.05) is 0 Å². The molecule has 88 valence electrons. The summed E-state index contributed by atoms with van der Waals surface area (Å²) in [5.74, 6) is -0.196. The minimum Gasteiger partial charge on any atom is -0.396 e. The van der Waals surface area contributed by atoms with Gasteiger partial charge in [0.2, 0.25) is 5.91 Å². The van der Waals surface area contributed by atoms with Gasteiger partial charge in [0.05, 0.1) is 24.1 Å². The maximum absolute atomic E-state index is 11.7. The largest absolute Gasteiger partial charge is 0.396 e. The molecule has 2 heterocycles. The minimum absolute atomic E-state index is 0.0661. The van der Waals surface area contributed by atoms with E-state index in [1.807, 2.05) is 0 Å². The Morgan fingerprint density at radius 3 is 2.62 bits per heavy atom. The van der Waals surface area contributed by atoms with Crippen LogP contribution in [0.2, 0.25) is 0 Å². The summed E-state index contributed by atoms with van der Waals surface area (Å²) in [7, 11) is 0. The molecule has 2 rings (SSSR count). The second-order valence-corrected chi connectivity index (χ2v) is 3.90. The number of aromatic nitrogens is 2. The highest BCUT2D eigenvalue weighted by Crippen LogP contribution is 2.10. The third-order valence-corrected chi connectivity index (χ3v) is 2.56. The Balaban J connectivity index is 1.94. The normalized spacial score (nSPS) is 25.0. The lowest BCUT2D eigenvalue weighted by Gasteiger charge is -2.14. The molecule has 0 radical (unpaired) electrons. The summed E-state index contributed by atoms with van der Waals surface area (Å²) < 4.78 is 1.43. The number of aliphatic hydroxyl groups is 2. The van der Waals surface area contributed by atoms with E-state index in [0.717, 1.165) is 0 Å². The number of carbonyl (C=O) groups excluding carboxylic acids is 1. The number of nitrogen functional groups attached to an aromatic ring is 1. The van der Waals surface area contributed by atoms with E-state index in [1.165, 1.54) is 15.8 Å². The number of likely N-dealkylation sites (tertiary alicyclic amines) is 1. The summed E-state index contributed by atoms with van der Waals surface area (Å²) in [4.78, 5) is 13.1. The van der Waals surface area contributed by atoms with Crippen LogP contribution < -0.4 is 5.73 Å². The molecule has 2 atom stereocenters. The standard InChI is InChI=1S/C9H14N4O3/c10-6-1-11-13(2-6)5-9(16)12-3-7(14)8(15)4-12/h1-2,7-8,14-15H,3-5,10H2/t7-,8+. The molecule has 16 heavy (non-hydrogen) atoms. The second-order valence-electron chi connectivity index (χ2n) is 3.90. The van der Waals surface area contributed by atoms with Crippen LogP contribution in [0.1, 0.15) is 0 Å². The molecule has 0 aliphatic carbocycles. The number of hydrogen-bond acceptors (Lipinski definition) is 5. The molecule has 4 N–H and O–H groups in total. The van der Waals surface area contributed by atoms with Gasteiger partial charge in [-0.3, -0.25) is 9.48 Å². The van der Waals surface area contributed by atoms with Crippen molar-refractivity contribution in [3.63, 3.8) is 0 Å². The zero-order chi connectivity index (χ0) is 11.7. The van der Waals surface area contributed by atoms with Gasteiger partial charge in [-0.25, -0.2) is 0 Å². The fourth-order valence-corrected chi connectivity index (χ4v) is 1.68. The van der Waals surface area contributed by atoms with Crippen LogP contribution in [0, 0.1) is 0 Å². The molecule has 0 aromatic carbocycles. The Morgan fingerprint density at radius 1 is 1.50 bits per heavy atom. The van der Waals surface area contributed by atoms with E-state index < -0.39 is 12.2 Å². The molecule has 7 nitrogen and oxygen atoms in total. The number of β-amino-alcohol motifs (C(OH)–C–C–N with tert-alkyl or cyclic N) is 2. The molecule has 0 spiro atoms. The highest BCUT2D eigenvalue weighted by atomic mass is 16.3. The van der Waals surface area contributed by atoms with Gasteiger partial charge in [0, 0.05) is 19.3 Å². The average Bonchev–Trinajstić information content (AvgIpc) is 2.75. The predicted octanol–water partition coefficient (Wildman–Crippen LogP) is -1.97. The van der Waals surface area contributed by atoms with Crippen LogP contribution in [-0.2, 0) is 11.3 Å². The number of amides is 1. The number of hydrogen-bond donors (Lipinski definition) is 3. The van der Waals surface area contributed by atoms with Crippen molar-refractivity contribution in [3.8, 4) is 0 Å². The zero-order valence-corrected chi connectivity index (χ0v) is 8.65. The Labute approximate surface area is 92.1 Å². The fourth-order valence-electron chi connectivity index (χ4n) is 1.68. The van der Waals surface area contributed by atoms with Gasteiger partial charge < -0.3 is 20.8 Å². The molecular weight excluding hydrogens is 212 g/mol. The van der Waals surface area contributed by atoms with Crippen molar-refractivity contribution in [3.05, 3.63) is 12.4 Å². The summed E-state index contributed by atoms with van der Waals surface area (Å²) in [5, 5.41) is 22.5. The van der Waals surface area contributed by atoms with Gasteiger partial charge >= 0.3 is 0 Å². The number of rotatable bonds is 2. The molecule has 1 fully saturated rings. The van der Waals surface area contributed by atoms with E-state index in [9.17, 15) is 15.0 Å². The summed E-state index contributed by atoms with van der Waals surface area (Å²) in [6.07, 6.45) is 1.31. The van der Waals surface area contributed by atoms with Gasteiger partial charge in [-0.05, 0) is 0 Å². The number of nitrogens with two attached hydrogens (primary N) is 1. The molecule has 1 amide bonds. The van der Waals surface area contributed by atoms with Gasteiger partial charge in [0.1, 0.15) is 6.54 Å². The zero-order valence-electron chi connectivity index (χ0n) is 8.65. The topological polar surface area (TPSA) is 105 Å². The molecule has 0 bridgehead atoms. The van der Waals surface area contributed by atoms with Crippen LogP contribution in [0.3, 0.4) is 0 Å². The second kappa shape index (κ2) is 4.11. The van der Waals surface area contributed by atoms with Crippen LogP contribution in [0.5, 0.6) is 0 Å². The maximum Gasteiger partial charge on any atom is 0.244 e. The van der Waals surface area contributed by atoms with Crippen LogP contribution in [0.4, 0.5) is 5.69 Å². The van der Waals surface area contributed by atoms with Gasteiger partial charge in [-0.15, -0.1) is 0 Å². The Kier molecular flexibility index (Phi) is 2.80. The van der Waals surface area contributed by atoms with Crippen molar-refractivity contribution in [2.75, 3.05) is 18.8 Å². The molecular formula is C9H14N4O3. The van der Waals surface area contributed by atoms with Crippen molar-refractivity contribution >= 4 is 11.6 Å². The third-order valence-electron chi connectivity index (χ3n) is 2.56. The van der Waals surface area contributed by atoms with Gasteiger partial charge in [0.25, 0.3) is 0 Å². The molecule has 1 aromatic heterocycles. The highest BCUT2D eigenvalue weighted by molar-refractivity contribution is 5.76. The average molecular weight is 226 g/mol. The SMILES string of the molecule is Nc1cnn(CC(=O)N2C[C@@H](O)[C@@H](O)C2)c1. The van der Waals surface area contributed by atoms with Crippen LogP contribution >= 0.6 is 0 Å². The number of anilines is 1. The minimum atomic E-state index is -0.855. The van der Waals surface area contributed by atoms with E-state index in [4.69, 9.17) is 5.73 Å². The van der Waals surface area contributed by atoms with E-state index >= 15 is 0 Å². The van der Waals surface area contributed by atoms with Crippen molar-refractivity contribution in [2.24, 2.45) is 0 Å². The fraction of sp³-hybridized carbons (Fsp3) is 0.556. The first-order valence-electron chi connectivity index (χ1n) is 4.98. The Bertz CT molecular complexity index is 382. The van der Waals surface area contributed by atoms with Crippen molar-refractivity contribution in [1.29, 1.82) is 0 Å². The van der Waals surface area contributed by atoms with Crippen LogP contribution in [0.25, 0.3) is 0 Å². The highest BCUT2D eigenvalue weighted by Gasteiger charge is 2.32. The lowest BCUT2D eigenvalue weighted by atomic mass is 10.3. The molecule has 0 unspecified atom stereocenters. The number of aliphatic hydroxyl groups excluding tert-OH is 2. The molecule has 1 aromatic rings.